The zero-order valence-electron chi connectivity index (χ0n) is 10.1. The lowest BCUT2D eigenvalue weighted by atomic mass is 10.1. The van der Waals surface area contributed by atoms with Gasteiger partial charge in [-0.05, 0) is 12.1 Å². The third-order valence-electron chi connectivity index (χ3n) is 3.21. The van der Waals surface area contributed by atoms with Crippen LogP contribution in [0, 0.1) is 17.5 Å². The van der Waals surface area contributed by atoms with E-state index in [1.807, 2.05) is 24.3 Å². The van der Waals surface area contributed by atoms with Gasteiger partial charge in [0.1, 0.15) is 17.5 Å². The second kappa shape index (κ2) is 4.16. The topological polar surface area (TPSA) is 4.93 Å². The van der Waals surface area contributed by atoms with Crippen molar-refractivity contribution >= 4 is 10.9 Å². The van der Waals surface area contributed by atoms with Gasteiger partial charge in [0, 0.05) is 30.1 Å². The summed E-state index contributed by atoms with van der Waals surface area (Å²) in [6.45, 7) is 0. The van der Waals surface area contributed by atoms with Crippen LogP contribution in [-0.2, 0) is 7.05 Å². The van der Waals surface area contributed by atoms with Crippen molar-refractivity contribution in [1.82, 2.24) is 4.57 Å². The first-order valence-electron chi connectivity index (χ1n) is 5.77. The maximum atomic E-state index is 13.8. The molecule has 0 N–H and O–H groups in total. The van der Waals surface area contributed by atoms with Crippen LogP contribution in [0.1, 0.15) is 0 Å². The van der Waals surface area contributed by atoms with Crippen molar-refractivity contribution in [2.24, 2.45) is 7.05 Å². The highest BCUT2D eigenvalue weighted by Gasteiger charge is 2.17. The normalized spacial score (nSPS) is 11.2. The molecule has 3 rings (SSSR count). The number of nitrogens with zero attached hydrogens (tertiary/aromatic N) is 1. The van der Waals surface area contributed by atoms with E-state index in [0.29, 0.717) is 17.8 Å². The number of halogens is 3. The average molecular weight is 261 g/mol. The predicted octanol–water partition coefficient (Wildman–Crippen LogP) is 4.26. The second-order valence-corrected chi connectivity index (χ2v) is 4.39. The summed E-state index contributed by atoms with van der Waals surface area (Å²) >= 11 is 0. The highest BCUT2D eigenvalue weighted by Crippen LogP contribution is 2.31. The predicted molar refractivity (Wildman–Crippen MR) is 68.2 cm³/mol. The van der Waals surface area contributed by atoms with Gasteiger partial charge in [0.2, 0.25) is 0 Å². The molecule has 1 heterocycles. The van der Waals surface area contributed by atoms with E-state index in [9.17, 15) is 13.2 Å². The standard InChI is InChI=1S/C15H10F3N/c1-19-13-5-3-2-4-9(13)6-14(19)15-11(17)7-10(16)8-12(15)18/h2-8H,1H3. The van der Waals surface area contributed by atoms with Crippen LogP contribution < -0.4 is 0 Å². The molecule has 0 unspecified atom stereocenters. The largest absolute Gasteiger partial charge is 0.343 e. The highest BCUT2D eigenvalue weighted by atomic mass is 19.1. The van der Waals surface area contributed by atoms with Crippen molar-refractivity contribution in [3.05, 3.63) is 59.9 Å². The van der Waals surface area contributed by atoms with Gasteiger partial charge in [-0.3, -0.25) is 0 Å². The Labute approximate surface area is 107 Å². The molecule has 2 aromatic carbocycles. The molecule has 0 aliphatic heterocycles. The molecule has 0 fully saturated rings. The quantitative estimate of drug-likeness (QED) is 0.616. The van der Waals surface area contributed by atoms with Crippen LogP contribution in [0.5, 0.6) is 0 Å². The van der Waals surface area contributed by atoms with Gasteiger partial charge in [-0.2, -0.15) is 0 Å². The van der Waals surface area contributed by atoms with Crippen LogP contribution in [0.25, 0.3) is 22.2 Å². The van der Waals surface area contributed by atoms with Gasteiger partial charge >= 0.3 is 0 Å². The Balaban J connectivity index is 2.34. The maximum Gasteiger partial charge on any atom is 0.138 e. The summed E-state index contributed by atoms with van der Waals surface area (Å²) < 4.78 is 42.3. The molecule has 0 saturated heterocycles. The van der Waals surface area contributed by atoms with Gasteiger partial charge in [-0.15, -0.1) is 0 Å². The third-order valence-corrected chi connectivity index (χ3v) is 3.21. The monoisotopic (exact) mass is 261 g/mol. The van der Waals surface area contributed by atoms with E-state index >= 15 is 0 Å². The zero-order valence-corrected chi connectivity index (χ0v) is 10.1. The summed E-state index contributed by atoms with van der Waals surface area (Å²) in [5, 5.41) is 0.878. The van der Waals surface area contributed by atoms with Crippen molar-refractivity contribution in [1.29, 1.82) is 0 Å². The molecule has 0 aliphatic carbocycles. The van der Waals surface area contributed by atoms with Crippen molar-refractivity contribution < 1.29 is 13.2 Å². The number of hydrogen-bond acceptors (Lipinski definition) is 0. The summed E-state index contributed by atoms with van der Waals surface area (Å²) in [7, 11) is 1.72. The number of aryl methyl sites for hydroxylation is 1. The molecule has 1 aromatic heterocycles. The second-order valence-electron chi connectivity index (χ2n) is 4.39. The zero-order chi connectivity index (χ0) is 13.6. The lowest BCUT2D eigenvalue weighted by Crippen LogP contribution is -1.97. The first-order chi connectivity index (χ1) is 9.08. The van der Waals surface area contributed by atoms with E-state index in [2.05, 4.69) is 0 Å². The minimum atomic E-state index is -0.919. The van der Waals surface area contributed by atoms with Crippen LogP contribution in [-0.4, -0.2) is 4.57 Å². The van der Waals surface area contributed by atoms with Gasteiger partial charge in [0.25, 0.3) is 0 Å². The summed E-state index contributed by atoms with van der Waals surface area (Å²) in [4.78, 5) is 0. The third kappa shape index (κ3) is 1.80. The van der Waals surface area contributed by atoms with Gasteiger partial charge in [0.15, 0.2) is 0 Å². The molecule has 4 heteroatoms. The van der Waals surface area contributed by atoms with Crippen molar-refractivity contribution in [2.45, 2.75) is 0 Å². The molecule has 0 radical (unpaired) electrons. The average Bonchev–Trinajstić information content (AvgIpc) is 2.66. The van der Waals surface area contributed by atoms with Crippen LogP contribution in [0.15, 0.2) is 42.5 Å². The van der Waals surface area contributed by atoms with Crippen LogP contribution in [0.3, 0.4) is 0 Å². The Kier molecular flexibility index (Phi) is 2.59. The summed E-state index contributed by atoms with van der Waals surface area (Å²) in [6, 6.07) is 10.5. The Morgan fingerprint density at radius 3 is 2.16 bits per heavy atom. The smallest absolute Gasteiger partial charge is 0.138 e. The number of fused-ring (bicyclic) bond motifs is 1. The molecular formula is C15H10F3N. The molecule has 3 aromatic rings. The number of hydrogen-bond donors (Lipinski definition) is 0. The molecule has 19 heavy (non-hydrogen) atoms. The lowest BCUT2D eigenvalue weighted by molar-refractivity contribution is 0.546. The molecular weight excluding hydrogens is 251 g/mol. The summed E-state index contributed by atoms with van der Waals surface area (Å²) in [5.41, 5.74) is 1.04. The number of para-hydroxylation sites is 1. The minimum Gasteiger partial charge on any atom is -0.343 e. The Hall–Kier alpha value is -2.23. The SMILES string of the molecule is Cn1c(-c2c(F)cc(F)cc2F)cc2ccccc21. The van der Waals surface area contributed by atoms with E-state index in [-0.39, 0.29) is 5.56 Å². The molecule has 0 atom stereocenters. The molecule has 0 aliphatic rings. The van der Waals surface area contributed by atoms with Crippen LogP contribution in [0.2, 0.25) is 0 Å². The van der Waals surface area contributed by atoms with E-state index in [4.69, 9.17) is 0 Å². The fraction of sp³-hybridized carbons (Fsp3) is 0.0667. The first-order valence-corrected chi connectivity index (χ1v) is 5.77. The van der Waals surface area contributed by atoms with Gasteiger partial charge < -0.3 is 4.57 Å². The van der Waals surface area contributed by atoms with Gasteiger partial charge in [-0.1, -0.05) is 18.2 Å². The molecule has 96 valence electrons. The van der Waals surface area contributed by atoms with Crippen molar-refractivity contribution in [3.8, 4) is 11.3 Å². The van der Waals surface area contributed by atoms with E-state index in [1.165, 1.54) is 0 Å². The van der Waals surface area contributed by atoms with E-state index in [1.54, 1.807) is 17.7 Å². The molecule has 0 bridgehead atoms. The summed E-state index contributed by atoms with van der Waals surface area (Å²) in [5.74, 6) is -2.72. The molecule has 1 nitrogen and oxygen atoms in total. The molecule has 0 spiro atoms. The van der Waals surface area contributed by atoms with Crippen molar-refractivity contribution in [3.63, 3.8) is 0 Å². The van der Waals surface area contributed by atoms with Gasteiger partial charge in [0.05, 0.1) is 11.3 Å². The van der Waals surface area contributed by atoms with Crippen LogP contribution in [0.4, 0.5) is 13.2 Å². The number of benzene rings is 2. The fourth-order valence-electron chi connectivity index (χ4n) is 2.32. The lowest BCUT2D eigenvalue weighted by Gasteiger charge is -2.07. The number of rotatable bonds is 1. The Morgan fingerprint density at radius 1 is 0.895 bits per heavy atom. The maximum absolute atomic E-state index is 13.8. The Morgan fingerprint density at radius 2 is 1.53 bits per heavy atom. The van der Waals surface area contributed by atoms with Crippen LogP contribution >= 0.6 is 0 Å². The van der Waals surface area contributed by atoms with E-state index < -0.39 is 17.5 Å². The first kappa shape index (κ1) is 11.8. The van der Waals surface area contributed by atoms with E-state index in [0.717, 1.165) is 10.9 Å². The summed E-state index contributed by atoms with van der Waals surface area (Å²) in [6.07, 6.45) is 0. The van der Waals surface area contributed by atoms with Crippen molar-refractivity contribution in [2.75, 3.05) is 0 Å². The molecule has 0 amide bonds. The highest BCUT2D eigenvalue weighted by molar-refractivity contribution is 5.87. The minimum absolute atomic E-state index is 0.208. The Bertz CT molecular complexity index is 751. The number of aromatic nitrogens is 1. The fourth-order valence-corrected chi connectivity index (χ4v) is 2.32. The molecule has 0 saturated carbocycles. The van der Waals surface area contributed by atoms with Gasteiger partial charge in [-0.25, -0.2) is 13.2 Å².